The van der Waals surface area contributed by atoms with Crippen molar-refractivity contribution in [2.45, 2.75) is 62.6 Å². The molecule has 0 aromatic heterocycles. The minimum Gasteiger partial charge on any atom is -0.497 e. The van der Waals surface area contributed by atoms with Gasteiger partial charge in [-0.2, -0.15) is 0 Å². The molecule has 10 nitrogen and oxygen atoms in total. The van der Waals surface area contributed by atoms with E-state index >= 15 is 0 Å². The number of hydrogen-bond donors (Lipinski definition) is 1. The first-order valence-corrected chi connectivity index (χ1v) is 18.1. The molecule has 0 heterocycles. The minimum absolute atomic E-state index is 0.0000642. The zero-order chi connectivity index (χ0) is 35.7. The molecule has 4 aromatic rings. The molecule has 0 radical (unpaired) electrons. The minimum atomic E-state index is -4.33. The molecule has 264 valence electrons. The summed E-state index contributed by atoms with van der Waals surface area (Å²) in [7, 11) is 0.133. The Morgan fingerprint density at radius 1 is 0.800 bits per heavy atom. The summed E-state index contributed by atoms with van der Waals surface area (Å²) >= 11 is 0. The van der Waals surface area contributed by atoms with Gasteiger partial charge in [-0.15, -0.1) is 0 Å². The summed E-state index contributed by atoms with van der Waals surface area (Å²) in [6.07, 6.45) is 4.00. The van der Waals surface area contributed by atoms with Gasteiger partial charge >= 0.3 is 0 Å². The lowest BCUT2D eigenvalue weighted by molar-refractivity contribution is -0.140. The number of benzene rings is 4. The van der Waals surface area contributed by atoms with Gasteiger partial charge in [0, 0.05) is 25.1 Å². The fourth-order valence-electron chi connectivity index (χ4n) is 6.23. The predicted molar refractivity (Wildman–Crippen MR) is 193 cm³/mol. The third-order valence-electron chi connectivity index (χ3n) is 9.00. The maximum atomic E-state index is 14.9. The van der Waals surface area contributed by atoms with Crippen LogP contribution in [0.1, 0.15) is 42.4 Å². The van der Waals surface area contributed by atoms with Crippen LogP contribution in [0.3, 0.4) is 0 Å². The van der Waals surface area contributed by atoms with Gasteiger partial charge in [-0.25, -0.2) is 8.42 Å². The molecule has 0 aliphatic heterocycles. The second-order valence-corrected chi connectivity index (χ2v) is 14.3. The summed E-state index contributed by atoms with van der Waals surface area (Å²) in [6.45, 7) is 1.27. The number of nitrogens with one attached hydrogen (secondary N) is 1. The van der Waals surface area contributed by atoms with Crippen LogP contribution in [-0.4, -0.2) is 65.1 Å². The maximum Gasteiger partial charge on any atom is 0.264 e. The third-order valence-corrected chi connectivity index (χ3v) is 10.8. The Balaban J connectivity index is 1.62. The number of anilines is 1. The van der Waals surface area contributed by atoms with Gasteiger partial charge in [0.1, 0.15) is 29.8 Å². The molecule has 0 bridgehead atoms. The number of rotatable bonds is 15. The van der Waals surface area contributed by atoms with E-state index in [1.54, 1.807) is 43.5 Å². The zero-order valence-electron chi connectivity index (χ0n) is 29.0. The molecule has 1 fully saturated rings. The lowest BCUT2D eigenvalue weighted by atomic mass is 10.0. The first-order chi connectivity index (χ1) is 24.1. The van der Waals surface area contributed by atoms with Crippen molar-refractivity contribution in [2.24, 2.45) is 0 Å². The predicted octanol–water partition coefficient (Wildman–Crippen LogP) is 5.92. The molecule has 1 aliphatic carbocycles. The molecule has 5 rings (SSSR count). The molecule has 0 saturated heterocycles. The quantitative estimate of drug-likeness (QED) is 0.164. The summed E-state index contributed by atoms with van der Waals surface area (Å²) in [5.41, 5.74) is 2.58. The largest absolute Gasteiger partial charge is 0.497 e. The number of methoxy groups -OCH3 is 3. The van der Waals surface area contributed by atoms with Crippen LogP contribution in [0, 0.1) is 6.92 Å². The Bertz CT molecular complexity index is 1860. The maximum absolute atomic E-state index is 14.9. The second kappa shape index (κ2) is 16.6. The van der Waals surface area contributed by atoms with Crippen LogP contribution >= 0.6 is 0 Å². The molecule has 1 N–H and O–H groups in total. The van der Waals surface area contributed by atoms with Gasteiger partial charge in [0.25, 0.3) is 10.0 Å². The van der Waals surface area contributed by atoms with Crippen molar-refractivity contribution in [1.29, 1.82) is 0 Å². The molecule has 1 aliphatic rings. The van der Waals surface area contributed by atoms with Crippen molar-refractivity contribution >= 4 is 27.5 Å². The Morgan fingerprint density at radius 3 is 2.12 bits per heavy atom. The van der Waals surface area contributed by atoms with E-state index in [0.717, 1.165) is 46.7 Å². The number of hydrogen-bond acceptors (Lipinski definition) is 7. The summed E-state index contributed by atoms with van der Waals surface area (Å²) in [4.78, 5) is 30.6. The standard InChI is InChI=1S/C39H45N3O7S/c1-28-17-20-34(21-18-28)50(45,46)42(35-25-33(48-3)19-22-37(35)49-4)27-38(43)41(26-30-13-10-16-32(23-30)47-2)36(24-29-11-6-5-7-12-29)39(44)40-31-14-8-9-15-31/h5-7,10-13,16-23,25,31,36H,8-9,14-15,24,26-27H2,1-4H3,(H,40,44)/t36-/m1/s1. The van der Waals surface area contributed by atoms with Gasteiger partial charge in [-0.1, -0.05) is 73.0 Å². The van der Waals surface area contributed by atoms with Gasteiger partial charge in [0.15, 0.2) is 0 Å². The van der Waals surface area contributed by atoms with E-state index in [1.165, 1.54) is 37.3 Å². The molecule has 0 unspecified atom stereocenters. The molecule has 2 amide bonds. The van der Waals surface area contributed by atoms with Gasteiger partial charge in [0.05, 0.1) is 31.9 Å². The Hall–Kier alpha value is -5.03. The summed E-state index contributed by atoms with van der Waals surface area (Å²) < 4.78 is 46.6. The van der Waals surface area contributed by atoms with Crippen molar-refractivity contribution in [3.8, 4) is 17.2 Å². The average Bonchev–Trinajstić information content (AvgIpc) is 3.65. The van der Waals surface area contributed by atoms with E-state index in [1.807, 2.05) is 49.4 Å². The number of sulfonamides is 1. The van der Waals surface area contributed by atoms with Gasteiger partial charge in [-0.05, 0) is 67.3 Å². The molecule has 1 saturated carbocycles. The smallest absolute Gasteiger partial charge is 0.264 e. The van der Waals surface area contributed by atoms with Crippen LogP contribution in [0.4, 0.5) is 5.69 Å². The van der Waals surface area contributed by atoms with Crippen molar-refractivity contribution in [3.05, 3.63) is 114 Å². The number of carbonyl (C=O) groups is 2. The number of amides is 2. The van der Waals surface area contributed by atoms with Gasteiger partial charge in [0.2, 0.25) is 11.8 Å². The molecular weight excluding hydrogens is 655 g/mol. The molecule has 11 heteroatoms. The van der Waals surface area contributed by atoms with Crippen LogP contribution in [0.15, 0.2) is 102 Å². The topological polar surface area (TPSA) is 114 Å². The first-order valence-electron chi connectivity index (χ1n) is 16.7. The Kier molecular flexibility index (Phi) is 12.0. The fraction of sp³-hybridized carbons (Fsp3) is 0.333. The highest BCUT2D eigenvalue weighted by Crippen LogP contribution is 2.36. The summed E-state index contributed by atoms with van der Waals surface area (Å²) in [5.74, 6) is 0.339. The van der Waals surface area contributed by atoms with E-state index in [9.17, 15) is 18.0 Å². The lowest BCUT2D eigenvalue weighted by Crippen LogP contribution is -2.54. The fourth-order valence-corrected chi connectivity index (χ4v) is 7.65. The van der Waals surface area contributed by atoms with Crippen LogP contribution < -0.4 is 23.8 Å². The zero-order valence-corrected chi connectivity index (χ0v) is 29.8. The van der Waals surface area contributed by atoms with Crippen LogP contribution in [0.2, 0.25) is 0 Å². The number of carbonyl (C=O) groups excluding carboxylic acids is 2. The number of ether oxygens (including phenoxy) is 3. The SMILES string of the molecule is COc1cccc(CN(C(=O)CN(c2cc(OC)ccc2OC)S(=O)(=O)c2ccc(C)cc2)[C@H](Cc2ccccc2)C(=O)NC2CCCC2)c1. The molecule has 4 aromatic carbocycles. The van der Waals surface area contributed by atoms with Crippen molar-refractivity contribution in [3.63, 3.8) is 0 Å². The summed E-state index contributed by atoms with van der Waals surface area (Å²) in [5, 5.41) is 3.20. The van der Waals surface area contributed by atoms with Crippen molar-refractivity contribution < 1.29 is 32.2 Å². The third kappa shape index (κ3) is 8.76. The van der Waals surface area contributed by atoms with Crippen LogP contribution in [0.25, 0.3) is 0 Å². The van der Waals surface area contributed by atoms with Crippen molar-refractivity contribution in [1.82, 2.24) is 10.2 Å². The van der Waals surface area contributed by atoms with Gasteiger partial charge in [-0.3, -0.25) is 13.9 Å². The Morgan fingerprint density at radius 2 is 1.46 bits per heavy atom. The lowest BCUT2D eigenvalue weighted by Gasteiger charge is -2.34. The highest BCUT2D eigenvalue weighted by Gasteiger charge is 2.36. The number of aryl methyl sites for hydroxylation is 1. The van der Waals surface area contributed by atoms with Crippen LogP contribution in [0.5, 0.6) is 17.2 Å². The summed E-state index contributed by atoms with van der Waals surface area (Å²) in [6, 6.07) is 27.0. The number of nitrogens with zero attached hydrogens (tertiary/aromatic N) is 2. The average molecular weight is 700 g/mol. The highest BCUT2D eigenvalue weighted by atomic mass is 32.2. The van der Waals surface area contributed by atoms with Gasteiger partial charge < -0.3 is 24.4 Å². The van der Waals surface area contributed by atoms with E-state index in [2.05, 4.69) is 5.32 Å². The molecule has 50 heavy (non-hydrogen) atoms. The monoisotopic (exact) mass is 699 g/mol. The van der Waals surface area contributed by atoms with Crippen molar-refractivity contribution in [2.75, 3.05) is 32.2 Å². The molecule has 1 atom stereocenters. The van der Waals surface area contributed by atoms with E-state index in [-0.39, 0.29) is 41.2 Å². The van der Waals surface area contributed by atoms with Crippen LogP contribution in [-0.2, 0) is 32.6 Å². The normalized spacial score (nSPS) is 13.7. The highest BCUT2D eigenvalue weighted by molar-refractivity contribution is 7.92. The Labute approximate surface area is 295 Å². The van der Waals surface area contributed by atoms with E-state index < -0.39 is 28.5 Å². The second-order valence-electron chi connectivity index (χ2n) is 12.4. The molecular formula is C39H45N3O7S. The van der Waals surface area contributed by atoms with E-state index in [4.69, 9.17) is 14.2 Å². The first kappa shape index (κ1) is 36.3. The molecule has 0 spiro atoms. The van der Waals surface area contributed by atoms with E-state index in [0.29, 0.717) is 11.5 Å².